The molecule has 1 saturated heterocycles. The quantitative estimate of drug-likeness (QED) is 0.731. The summed E-state index contributed by atoms with van der Waals surface area (Å²) >= 11 is 5.47. The third-order valence-corrected chi connectivity index (χ3v) is 6.92. The van der Waals surface area contributed by atoms with E-state index in [1.165, 1.54) is 31.7 Å². The number of halogens is 3. The Hall–Kier alpha value is -1.34. The highest BCUT2D eigenvalue weighted by atomic mass is 32.1. The van der Waals surface area contributed by atoms with Crippen molar-refractivity contribution in [1.29, 1.82) is 0 Å². The Kier molecular flexibility index (Phi) is 6.86. The number of thiocarbonyl (C=S) groups is 1. The fourth-order valence-corrected chi connectivity index (χ4v) is 5.11. The third kappa shape index (κ3) is 5.17. The fraction of sp³-hybridized carbons (Fsp3) is 0.667. The first-order valence-corrected chi connectivity index (χ1v) is 10.7. The van der Waals surface area contributed by atoms with E-state index in [0.29, 0.717) is 16.8 Å². The fourth-order valence-electron chi connectivity index (χ4n) is 4.81. The van der Waals surface area contributed by atoms with Gasteiger partial charge in [0.1, 0.15) is 0 Å². The van der Waals surface area contributed by atoms with Crippen molar-refractivity contribution in [2.24, 2.45) is 5.92 Å². The minimum Gasteiger partial charge on any atom is -0.349 e. The van der Waals surface area contributed by atoms with E-state index in [2.05, 4.69) is 24.2 Å². The van der Waals surface area contributed by atoms with Crippen molar-refractivity contribution in [3.63, 3.8) is 0 Å². The number of likely N-dealkylation sites (tertiary alicyclic amines) is 1. The van der Waals surface area contributed by atoms with Gasteiger partial charge in [0.05, 0.1) is 24.7 Å². The molecule has 0 aromatic heterocycles. The zero-order valence-electron chi connectivity index (χ0n) is 16.7. The summed E-state index contributed by atoms with van der Waals surface area (Å²) in [6.07, 6.45) is 3.16. The Bertz CT molecular complexity index is 671. The summed E-state index contributed by atoms with van der Waals surface area (Å²) in [7, 11) is 2.34. The molecule has 0 amide bonds. The average molecular weight is 415 g/mol. The molecule has 3 nitrogen and oxygen atoms in total. The Morgan fingerprint density at radius 1 is 1.14 bits per heavy atom. The van der Waals surface area contributed by atoms with Crippen LogP contribution in [0.25, 0.3) is 0 Å². The lowest BCUT2D eigenvalue weighted by Gasteiger charge is -2.41. The maximum absolute atomic E-state index is 12.9. The highest BCUT2D eigenvalue weighted by Crippen LogP contribution is 2.30. The van der Waals surface area contributed by atoms with Gasteiger partial charge in [0, 0.05) is 37.5 Å². The van der Waals surface area contributed by atoms with Crippen molar-refractivity contribution >= 4 is 23.0 Å². The molecule has 3 atom stereocenters. The molecule has 2 aliphatic rings. The molecule has 1 heterocycles. The van der Waals surface area contributed by atoms with E-state index in [0.717, 1.165) is 50.0 Å². The van der Waals surface area contributed by atoms with Crippen LogP contribution in [-0.4, -0.2) is 42.2 Å². The second-order valence-corrected chi connectivity index (χ2v) is 8.77. The number of benzene rings is 1. The summed E-state index contributed by atoms with van der Waals surface area (Å²) in [6, 6.07) is 6.60. The second kappa shape index (κ2) is 8.99. The van der Waals surface area contributed by atoms with Gasteiger partial charge >= 0.3 is 6.18 Å². The minimum absolute atomic E-state index is 0.390. The molecule has 1 saturated carbocycles. The molecular weight excluding hydrogens is 383 g/mol. The van der Waals surface area contributed by atoms with Crippen LogP contribution in [0, 0.1) is 5.92 Å². The zero-order valence-corrected chi connectivity index (χ0v) is 17.5. The SMILES string of the molecule is CC1CCCCC1[NH+](C)C1CCN(C(=S)Nc2cccc(C(F)(F)F)c2)CC1. The van der Waals surface area contributed by atoms with Gasteiger partial charge in [-0.1, -0.05) is 19.4 Å². The molecule has 2 fully saturated rings. The summed E-state index contributed by atoms with van der Waals surface area (Å²) in [5.41, 5.74) is -0.272. The van der Waals surface area contributed by atoms with Crippen molar-refractivity contribution in [3.05, 3.63) is 29.8 Å². The number of piperidine rings is 1. The van der Waals surface area contributed by atoms with Crippen LogP contribution in [-0.2, 0) is 6.18 Å². The van der Waals surface area contributed by atoms with Gasteiger partial charge < -0.3 is 15.1 Å². The van der Waals surface area contributed by atoms with Crippen molar-refractivity contribution in [2.45, 2.75) is 63.7 Å². The molecule has 7 heteroatoms. The monoisotopic (exact) mass is 414 g/mol. The van der Waals surface area contributed by atoms with Crippen LogP contribution in [0.5, 0.6) is 0 Å². The first-order valence-electron chi connectivity index (χ1n) is 10.3. The van der Waals surface area contributed by atoms with E-state index in [-0.39, 0.29) is 0 Å². The summed E-state index contributed by atoms with van der Waals surface area (Å²) in [5.74, 6) is 0.787. The van der Waals surface area contributed by atoms with Crippen LogP contribution in [0.4, 0.5) is 18.9 Å². The molecule has 0 radical (unpaired) electrons. The molecule has 1 aromatic carbocycles. The molecule has 0 bridgehead atoms. The Balaban J connectivity index is 1.52. The highest BCUT2D eigenvalue weighted by Gasteiger charge is 2.35. The number of quaternary nitrogens is 1. The number of hydrogen-bond donors (Lipinski definition) is 2. The third-order valence-electron chi connectivity index (χ3n) is 6.56. The normalized spacial score (nSPS) is 25.4. The van der Waals surface area contributed by atoms with Crippen LogP contribution >= 0.6 is 12.2 Å². The van der Waals surface area contributed by atoms with E-state index in [4.69, 9.17) is 12.2 Å². The van der Waals surface area contributed by atoms with Crippen molar-refractivity contribution < 1.29 is 18.1 Å². The van der Waals surface area contributed by atoms with Gasteiger partial charge in [-0.15, -0.1) is 0 Å². The highest BCUT2D eigenvalue weighted by molar-refractivity contribution is 7.80. The number of nitrogens with zero attached hydrogens (tertiary/aromatic N) is 1. The molecule has 1 aliphatic carbocycles. The van der Waals surface area contributed by atoms with Crippen LogP contribution in [0.15, 0.2) is 24.3 Å². The van der Waals surface area contributed by atoms with Gasteiger partial charge in [-0.25, -0.2) is 0 Å². The lowest BCUT2D eigenvalue weighted by Crippen LogP contribution is -3.17. The maximum Gasteiger partial charge on any atom is 0.416 e. The molecule has 1 aromatic rings. The molecule has 1 aliphatic heterocycles. The molecule has 2 N–H and O–H groups in total. The van der Waals surface area contributed by atoms with Gasteiger partial charge in [-0.3, -0.25) is 0 Å². The van der Waals surface area contributed by atoms with Crippen LogP contribution in [0.2, 0.25) is 0 Å². The number of hydrogen-bond acceptors (Lipinski definition) is 1. The van der Waals surface area contributed by atoms with E-state index in [9.17, 15) is 13.2 Å². The van der Waals surface area contributed by atoms with Gasteiger partial charge in [0.25, 0.3) is 0 Å². The topological polar surface area (TPSA) is 19.7 Å². The Labute approximate surface area is 171 Å². The van der Waals surface area contributed by atoms with Crippen molar-refractivity contribution in [2.75, 3.05) is 25.5 Å². The summed E-state index contributed by atoms with van der Waals surface area (Å²) in [6.45, 7) is 4.10. The second-order valence-electron chi connectivity index (χ2n) is 8.38. The number of rotatable bonds is 3. The average Bonchev–Trinajstić information content (AvgIpc) is 2.67. The zero-order chi connectivity index (χ0) is 20.3. The van der Waals surface area contributed by atoms with E-state index < -0.39 is 11.7 Å². The molecule has 156 valence electrons. The first-order chi connectivity index (χ1) is 13.3. The maximum atomic E-state index is 12.9. The van der Waals surface area contributed by atoms with Crippen LogP contribution < -0.4 is 10.2 Å². The standard InChI is InChI=1S/C21H30F3N3S/c1-15-6-3-4-9-19(15)26(2)18-10-12-27(13-11-18)20(28)25-17-8-5-7-16(14-17)21(22,23)24/h5,7-8,14-15,18-19H,3-4,6,9-13H2,1-2H3,(H,25,28)/p+1. The predicted octanol–water partition coefficient (Wildman–Crippen LogP) is 3.96. The van der Waals surface area contributed by atoms with Crippen molar-refractivity contribution in [3.8, 4) is 0 Å². The van der Waals surface area contributed by atoms with Gasteiger partial charge in [0.2, 0.25) is 0 Å². The van der Waals surface area contributed by atoms with Crippen molar-refractivity contribution in [1.82, 2.24) is 4.90 Å². The van der Waals surface area contributed by atoms with Gasteiger partial charge in [0.15, 0.2) is 5.11 Å². The number of nitrogens with one attached hydrogen (secondary N) is 2. The van der Waals surface area contributed by atoms with Crippen LogP contribution in [0.1, 0.15) is 51.0 Å². The minimum atomic E-state index is -4.35. The summed E-state index contributed by atoms with van der Waals surface area (Å²) in [5, 5.41) is 3.50. The van der Waals surface area contributed by atoms with E-state index in [1.807, 2.05) is 0 Å². The lowest BCUT2D eigenvalue weighted by atomic mass is 9.84. The molecule has 28 heavy (non-hydrogen) atoms. The lowest BCUT2D eigenvalue weighted by molar-refractivity contribution is -0.937. The molecule has 3 rings (SSSR count). The Morgan fingerprint density at radius 2 is 1.82 bits per heavy atom. The summed E-state index contributed by atoms with van der Waals surface area (Å²) < 4.78 is 38.7. The molecular formula is C21H31F3N3S+. The van der Waals surface area contributed by atoms with Gasteiger partial charge in [-0.05, 0) is 49.7 Å². The number of alkyl halides is 3. The largest absolute Gasteiger partial charge is 0.416 e. The Morgan fingerprint density at radius 3 is 2.46 bits per heavy atom. The molecule has 3 unspecified atom stereocenters. The first kappa shape index (κ1) is 21.4. The molecule has 0 spiro atoms. The van der Waals surface area contributed by atoms with Gasteiger partial charge in [-0.2, -0.15) is 13.2 Å². The number of anilines is 1. The van der Waals surface area contributed by atoms with Crippen LogP contribution in [0.3, 0.4) is 0 Å². The summed E-state index contributed by atoms with van der Waals surface area (Å²) in [4.78, 5) is 3.74. The predicted molar refractivity (Wildman–Crippen MR) is 111 cm³/mol. The van der Waals surface area contributed by atoms with E-state index in [1.54, 1.807) is 11.0 Å². The smallest absolute Gasteiger partial charge is 0.349 e. The van der Waals surface area contributed by atoms with E-state index >= 15 is 0 Å².